The third kappa shape index (κ3) is 7.25. The van der Waals surface area contributed by atoms with Gasteiger partial charge in [-0.05, 0) is 45.7 Å². The monoisotopic (exact) mass is 272 g/mol. The Bertz CT molecular complexity index is 218. The zero-order valence-corrected chi connectivity index (χ0v) is 12.8. The largest absolute Gasteiger partial charge is 0.394 e. The van der Waals surface area contributed by atoms with Gasteiger partial charge in [-0.1, -0.05) is 13.3 Å². The highest BCUT2D eigenvalue weighted by atomic mass is 16.5. The van der Waals surface area contributed by atoms with Crippen LogP contribution in [0.5, 0.6) is 0 Å². The summed E-state index contributed by atoms with van der Waals surface area (Å²) in [6.45, 7) is 10.7. The number of ether oxygens (including phenoxy) is 1. The summed E-state index contributed by atoms with van der Waals surface area (Å²) in [6, 6.07) is 0. The zero-order chi connectivity index (χ0) is 14.0. The molecule has 1 saturated heterocycles. The molecule has 0 radical (unpaired) electrons. The molecule has 1 aliphatic heterocycles. The summed E-state index contributed by atoms with van der Waals surface area (Å²) >= 11 is 0. The quantitative estimate of drug-likeness (QED) is 0.626. The Labute approximate surface area is 118 Å². The fourth-order valence-electron chi connectivity index (χ4n) is 2.52. The van der Waals surface area contributed by atoms with E-state index in [0.29, 0.717) is 0 Å². The normalized spacial score (nSPS) is 21.0. The van der Waals surface area contributed by atoms with Gasteiger partial charge in [-0.2, -0.15) is 0 Å². The molecule has 0 saturated carbocycles. The maximum atomic E-state index is 9.51. The Hall–Kier alpha value is -0.160. The highest BCUT2D eigenvalue weighted by Gasteiger charge is 2.21. The van der Waals surface area contributed by atoms with Gasteiger partial charge in [-0.15, -0.1) is 0 Å². The minimum Gasteiger partial charge on any atom is -0.394 e. The van der Waals surface area contributed by atoms with Gasteiger partial charge < -0.3 is 20.1 Å². The first-order valence-corrected chi connectivity index (χ1v) is 7.86. The molecule has 0 aromatic rings. The van der Waals surface area contributed by atoms with Crippen LogP contribution < -0.4 is 5.32 Å². The fourth-order valence-corrected chi connectivity index (χ4v) is 2.52. The Kier molecular flexibility index (Phi) is 8.62. The molecule has 1 heterocycles. The second kappa shape index (κ2) is 9.70. The van der Waals surface area contributed by atoms with Crippen molar-refractivity contribution in [2.75, 3.05) is 46.0 Å². The summed E-state index contributed by atoms with van der Waals surface area (Å²) in [6.07, 6.45) is 5.71. The SMILES string of the molecule is CCCNC(C)(CO)CCCCN1CCCOCC1. The number of hydrogen-bond donors (Lipinski definition) is 2. The number of aliphatic hydroxyl groups is 1. The molecule has 2 N–H and O–H groups in total. The summed E-state index contributed by atoms with van der Waals surface area (Å²) in [5, 5.41) is 13.0. The van der Waals surface area contributed by atoms with Gasteiger partial charge in [-0.25, -0.2) is 0 Å². The lowest BCUT2D eigenvalue weighted by Gasteiger charge is -2.29. The summed E-state index contributed by atoms with van der Waals surface area (Å²) in [5.41, 5.74) is -0.0993. The van der Waals surface area contributed by atoms with E-state index in [1.807, 2.05) is 0 Å². The van der Waals surface area contributed by atoms with E-state index in [-0.39, 0.29) is 12.1 Å². The molecule has 0 bridgehead atoms. The first-order chi connectivity index (χ1) is 9.20. The molecule has 0 aliphatic carbocycles. The molecule has 1 aliphatic rings. The van der Waals surface area contributed by atoms with Crippen LogP contribution in [0.2, 0.25) is 0 Å². The number of hydrogen-bond acceptors (Lipinski definition) is 4. The van der Waals surface area contributed by atoms with E-state index in [0.717, 1.165) is 45.6 Å². The van der Waals surface area contributed by atoms with Crippen LogP contribution in [0.3, 0.4) is 0 Å². The Balaban J connectivity index is 2.13. The number of unbranched alkanes of at least 4 members (excludes halogenated alkanes) is 1. The summed E-state index contributed by atoms with van der Waals surface area (Å²) < 4.78 is 5.46. The highest BCUT2D eigenvalue weighted by molar-refractivity contribution is 4.82. The molecular weight excluding hydrogens is 240 g/mol. The maximum absolute atomic E-state index is 9.51. The van der Waals surface area contributed by atoms with Crippen LogP contribution in [0.4, 0.5) is 0 Å². The summed E-state index contributed by atoms with van der Waals surface area (Å²) in [4.78, 5) is 2.50. The van der Waals surface area contributed by atoms with Crippen LogP contribution >= 0.6 is 0 Å². The van der Waals surface area contributed by atoms with Crippen LogP contribution in [-0.2, 0) is 4.74 Å². The van der Waals surface area contributed by atoms with Crippen molar-refractivity contribution in [1.29, 1.82) is 0 Å². The molecule has 0 spiro atoms. The van der Waals surface area contributed by atoms with Gasteiger partial charge in [0.15, 0.2) is 0 Å². The van der Waals surface area contributed by atoms with Crippen molar-refractivity contribution in [1.82, 2.24) is 10.2 Å². The van der Waals surface area contributed by atoms with Crippen molar-refractivity contribution in [2.24, 2.45) is 0 Å². The second-order valence-corrected chi connectivity index (χ2v) is 5.91. The van der Waals surface area contributed by atoms with Crippen LogP contribution in [0, 0.1) is 0 Å². The molecule has 1 unspecified atom stereocenters. The van der Waals surface area contributed by atoms with Crippen molar-refractivity contribution in [2.45, 2.75) is 51.5 Å². The van der Waals surface area contributed by atoms with Gasteiger partial charge in [0.25, 0.3) is 0 Å². The molecule has 19 heavy (non-hydrogen) atoms. The number of nitrogens with one attached hydrogen (secondary N) is 1. The molecule has 4 nitrogen and oxygen atoms in total. The topological polar surface area (TPSA) is 44.7 Å². The molecule has 1 fully saturated rings. The minimum absolute atomic E-state index is 0.0993. The second-order valence-electron chi connectivity index (χ2n) is 5.91. The molecular formula is C15H32N2O2. The fraction of sp³-hybridized carbons (Fsp3) is 1.00. The molecule has 1 atom stereocenters. The number of rotatable bonds is 9. The summed E-state index contributed by atoms with van der Waals surface area (Å²) in [5.74, 6) is 0. The zero-order valence-electron chi connectivity index (χ0n) is 12.8. The van der Waals surface area contributed by atoms with Crippen molar-refractivity contribution in [3.05, 3.63) is 0 Å². The van der Waals surface area contributed by atoms with Crippen molar-refractivity contribution >= 4 is 0 Å². The molecule has 0 aromatic heterocycles. The average Bonchev–Trinajstić information content (AvgIpc) is 2.70. The third-order valence-electron chi connectivity index (χ3n) is 3.92. The first-order valence-electron chi connectivity index (χ1n) is 7.86. The number of aliphatic hydroxyl groups excluding tert-OH is 1. The van der Waals surface area contributed by atoms with Gasteiger partial charge in [0.2, 0.25) is 0 Å². The first kappa shape index (κ1) is 16.9. The molecule has 4 heteroatoms. The van der Waals surface area contributed by atoms with Gasteiger partial charge in [0.05, 0.1) is 13.2 Å². The molecule has 114 valence electrons. The van der Waals surface area contributed by atoms with Crippen molar-refractivity contribution in [3.63, 3.8) is 0 Å². The molecule has 1 rings (SSSR count). The standard InChI is InChI=1S/C15H32N2O2/c1-3-8-16-15(2,14-18)7-4-5-9-17-10-6-12-19-13-11-17/h16,18H,3-14H2,1-2H3. The smallest absolute Gasteiger partial charge is 0.0610 e. The van der Waals surface area contributed by atoms with Crippen LogP contribution in [0.15, 0.2) is 0 Å². The van der Waals surface area contributed by atoms with E-state index < -0.39 is 0 Å². The van der Waals surface area contributed by atoms with Gasteiger partial charge >= 0.3 is 0 Å². The predicted molar refractivity (Wildman–Crippen MR) is 79.5 cm³/mol. The molecule has 0 aromatic carbocycles. The Morgan fingerprint density at radius 3 is 2.84 bits per heavy atom. The van der Waals surface area contributed by atoms with Crippen molar-refractivity contribution < 1.29 is 9.84 Å². The van der Waals surface area contributed by atoms with Gasteiger partial charge in [-0.3, -0.25) is 0 Å². The van der Waals surface area contributed by atoms with E-state index in [1.165, 1.54) is 25.9 Å². The number of nitrogens with zero attached hydrogens (tertiary/aromatic N) is 1. The van der Waals surface area contributed by atoms with E-state index >= 15 is 0 Å². The van der Waals surface area contributed by atoms with Gasteiger partial charge in [0.1, 0.15) is 0 Å². The lowest BCUT2D eigenvalue weighted by Crippen LogP contribution is -2.46. The van der Waals surface area contributed by atoms with Crippen LogP contribution in [0.1, 0.15) is 46.0 Å². The lowest BCUT2D eigenvalue weighted by molar-refractivity contribution is 0.140. The maximum Gasteiger partial charge on any atom is 0.0610 e. The predicted octanol–water partition coefficient (Wildman–Crippen LogP) is 1.63. The third-order valence-corrected chi connectivity index (χ3v) is 3.92. The Morgan fingerprint density at radius 1 is 1.26 bits per heavy atom. The van der Waals surface area contributed by atoms with Gasteiger partial charge in [0, 0.05) is 25.2 Å². The van der Waals surface area contributed by atoms with E-state index in [4.69, 9.17) is 4.74 Å². The van der Waals surface area contributed by atoms with Crippen molar-refractivity contribution in [3.8, 4) is 0 Å². The van der Waals surface area contributed by atoms with E-state index in [1.54, 1.807) is 0 Å². The molecule has 0 amide bonds. The average molecular weight is 272 g/mol. The van der Waals surface area contributed by atoms with Crippen LogP contribution in [-0.4, -0.2) is 61.5 Å². The lowest BCUT2D eigenvalue weighted by atomic mass is 9.95. The van der Waals surface area contributed by atoms with E-state index in [2.05, 4.69) is 24.1 Å². The van der Waals surface area contributed by atoms with Crippen LogP contribution in [0.25, 0.3) is 0 Å². The highest BCUT2D eigenvalue weighted by Crippen LogP contribution is 2.14. The van der Waals surface area contributed by atoms with E-state index in [9.17, 15) is 5.11 Å². The summed E-state index contributed by atoms with van der Waals surface area (Å²) in [7, 11) is 0. The minimum atomic E-state index is -0.0993. The Morgan fingerprint density at radius 2 is 2.11 bits per heavy atom.